The third kappa shape index (κ3) is 6.33. The first-order valence-electron chi connectivity index (χ1n) is 8.47. The Morgan fingerprint density at radius 1 is 1.14 bits per heavy atom. The first-order valence-corrected chi connectivity index (χ1v) is 8.47. The smallest absolute Gasteiger partial charge is 0.191 e. The molecule has 0 saturated heterocycles. The summed E-state index contributed by atoms with van der Waals surface area (Å²) in [7, 11) is 0. The molecule has 0 aliphatic carbocycles. The molecule has 5 nitrogen and oxygen atoms in total. The van der Waals surface area contributed by atoms with Crippen LogP contribution in [0.2, 0.25) is 0 Å². The fraction of sp³-hybridized carbons (Fsp3) is 0.647. The molecule has 0 spiro atoms. The zero-order valence-corrected chi connectivity index (χ0v) is 14.5. The second-order valence-electron chi connectivity index (χ2n) is 5.17. The molecule has 22 heavy (non-hydrogen) atoms. The summed E-state index contributed by atoms with van der Waals surface area (Å²) in [4.78, 5) is 11.4. The van der Waals surface area contributed by atoms with Crippen LogP contribution in [-0.4, -0.2) is 37.1 Å². The van der Waals surface area contributed by atoms with Gasteiger partial charge in [-0.1, -0.05) is 19.4 Å². The normalized spacial score (nSPS) is 11.4. The van der Waals surface area contributed by atoms with Crippen molar-refractivity contribution in [3.63, 3.8) is 0 Å². The Morgan fingerprint density at radius 2 is 1.91 bits per heavy atom. The van der Waals surface area contributed by atoms with Crippen LogP contribution in [0.1, 0.15) is 46.1 Å². The molecular weight excluding hydrogens is 274 g/mol. The average molecular weight is 305 g/mol. The van der Waals surface area contributed by atoms with E-state index in [1.165, 1.54) is 6.42 Å². The number of guanidine groups is 1. The van der Waals surface area contributed by atoms with Gasteiger partial charge in [0.05, 0.1) is 6.54 Å². The molecule has 5 heteroatoms. The maximum Gasteiger partial charge on any atom is 0.191 e. The minimum absolute atomic E-state index is 0.646. The standard InChI is InChI=1S/C17H31N5/c1-5-9-12-19-17(18-6-2)21-14-15-10-11-16(20-13-15)22(7-3)8-4/h10-11,13H,5-9,12,14H2,1-4H3,(H2,18,19,21). The van der Waals surface area contributed by atoms with E-state index in [9.17, 15) is 0 Å². The molecule has 0 fully saturated rings. The van der Waals surface area contributed by atoms with Crippen LogP contribution in [0.15, 0.2) is 23.3 Å². The molecule has 1 heterocycles. The summed E-state index contributed by atoms with van der Waals surface area (Å²) in [6.45, 7) is 13.0. The summed E-state index contributed by atoms with van der Waals surface area (Å²) in [6, 6.07) is 4.19. The number of nitrogens with one attached hydrogen (secondary N) is 2. The van der Waals surface area contributed by atoms with E-state index in [0.29, 0.717) is 6.54 Å². The molecule has 0 atom stereocenters. The lowest BCUT2D eigenvalue weighted by atomic mass is 10.3. The highest BCUT2D eigenvalue weighted by Crippen LogP contribution is 2.11. The van der Waals surface area contributed by atoms with E-state index in [1.807, 2.05) is 6.20 Å². The van der Waals surface area contributed by atoms with Crippen LogP contribution in [0, 0.1) is 0 Å². The maximum absolute atomic E-state index is 4.61. The van der Waals surface area contributed by atoms with Gasteiger partial charge in [0.1, 0.15) is 5.82 Å². The van der Waals surface area contributed by atoms with Crippen molar-refractivity contribution in [2.45, 2.75) is 47.1 Å². The number of unbranched alkanes of at least 4 members (excludes halogenated alkanes) is 1. The number of pyridine rings is 1. The highest BCUT2D eigenvalue weighted by atomic mass is 15.2. The summed E-state index contributed by atoms with van der Waals surface area (Å²) >= 11 is 0. The van der Waals surface area contributed by atoms with Crippen molar-refractivity contribution in [3.05, 3.63) is 23.9 Å². The highest BCUT2D eigenvalue weighted by Gasteiger charge is 2.03. The van der Waals surface area contributed by atoms with Crippen LogP contribution in [-0.2, 0) is 6.54 Å². The molecule has 2 N–H and O–H groups in total. The SMILES string of the molecule is CCCCNC(=NCc1ccc(N(CC)CC)nc1)NCC. The third-order valence-electron chi connectivity index (χ3n) is 3.48. The number of aromatic nitrogens is 1. The minimum Gasteiger partial charge on any atom is -0.357 e. The number of anilines is 1. The molecule has 0 radical (unpaired) electrons. The van der Waals surface area contributed by atoms with Crippen molar-refractivity contribution in [1.29, 1.82) is 0 Å². The molecule has 0 amide bonds. The molecule has 1 rings (SSSR count). The summed E-state index contributed by atoms with van der Waals surface area (Å²) < 4.78 is 0. The van der Waals surface area contributed by atoms with Gasteiger partial charge in [-0.05, 0) is 38.8 Å². The van der Waals surface area contributed by atoms with E-state index in [1.54, 1.807) is 0 Å². The molecular formula is C17H31N5. The van der Waals surface area contributed by atoms with Gasteiger partial charge in [-0.15, -0.1) is 0 Å². The van der Waals surface area contributed by atoms with E-state index < -0.39 is 0 Å². The van der Waals surface area contributed by atoms with Gasteiger partial charge in [0.15, 0.2) is 5.96 Å². The lowest BCUT2D eigenvalue weighted by Crippen LogP contribution is -2.37. The number of hydrogen-bond donors (Lipinski definition) is 2. The van der Waals surface area contributed by atoms with Crippen molar-refractivity contribution in [3.8, 4) is 0 Å². The predicted molar refractivity (Wildman–Crippen MR) is 95.5 cm³/mol. The Hall–Kier alpha value is -1.78. The topological polar surface area (TPSA) is 52.6 Å². The van der Waals surface area contributed by atoms with E-state index in [-0.39, 0.29) is 0 Å². The summed E-state index contributed by atoms with van der Waals surface area (Å²) in [6.07, 6.45) is 4.26. The van der Waals surface area contributed by atoms with Crippen LogP contribution in [0.5, 0.6) is 0 Å². The Morgan fingerprint density at radius 3 is 2.45 bits per heavy atom. The molecule has 0 unspecified atom stereocenters. The molecule has 0 aromatic carbocycles. The van der Waals surface area contributed by atoms with Gasteiger partial charge in [-0.3, -0.25) is 0 Å². The Labute approximate surface area is 135 Å². The van der Waals surface area contributed by atoms with Crippen LogP contribution < -0.4 is 15.5 Å². The molecule has 1 aromatic heterocycles. The largest absolute Gasteiger partial charge is 0.357 e. The fourth-order valence-corrected chi connectivity index (χ4v) is 2.14. The van der Waals surface area contributed by atoms with Crippen molar-refractivity contribution in [2.24, 2.45) is 4.99 Å². The first kappa shape index (κ1) is 18.3. The number of rotatable bonds is 9. The van der Waals surface area contributed by atoms with Gasteiger partial charge in [0, 0.05) is 32.4 Å². The van der Waals surface area contributed by atoms with Crippen molar-refractivity contribution >= 4 is 11.8 Å². The van der Waals surface area contributed by atoms with Gasteiger partial charge in [0.2, 0.25) is 0 Å². The Kier molecular flexibility index (Phi) is 9.03. The van der Waals surface area contributed by atoms with Crippen LogP contribution in [0.3, 0.4) is 0 Å². The lowest BCUT2D eigenvalue weighted by Gasteiger charge is -2.19. The van der Waals surface area contributed by atoms with Gasteiger partial charge in [-0.25, -0.2) is 9.98 Å². The lowest BCUT2D eigenvalue weighted by molar-refractivity contribution is 0.730. The van der Waals surface area contributed by atoms with Crippen molar-refractivity contribution in [1.82, 2.24) is 15.6 Å². The minimum atomic E-state index is 0.646. The van der Waals surface area contributed by atoms with Gasteiger partial charge < -0.3 is 15.5 Å². The van der Waals surface area contributed by atoms with Gasteiger partial charge >= 0.3 is 0 Å². The number of aliphatic imine (C=N–C) groups is 1. The molecule has 0 aliphatic rings. The Bertz CT molecular complexity index is 423. The summed E-state index contributed by atoms with van der Waals surface area (Å²) in [5, 5.41) is 6.62. The fourth-order valence-electron chi connectivity index (χ4n) is 2.14. The van der Waals surface area contributed by atoms with E-state index in [0.717, 1.165) is 49.9 Å². The zero-order valence-electron chi connectivity index (χ0n) is 14.5. The monoisotopic (exact) mass is 305 g/mol. The zero-order chi connectivity index (χ0) is 16.2. The third-order valence-corrected chi connectivity index (χ3v) is 3.48. The van der Waals surface area contributed by atoms with Crippen molar-refractivity contribution < 1.29 is 0 Å². The average Bonchev–Trinajstić information content (AvgIpc) is 2.55. The van der Waals surface area contributed by atoms with Crippen LogP contribution in [0.4, 0.5) is 5.82 Å². The first-order chi connectivity index (χ1) is 10.7. The number of nitrogens with zero attached hydrogens (tertiary/aromatic N) is 3. The van der Waals surface area contributed by atoms with Gasteiger partial charge in [0.25, 0.3) is 0 Å². The van der Waals surface area contributed by atoms with Crippen molar-refractivity contribution in [2.75, 3.05) is 31.1 Å². The second kappa shape index (κ2) is 10.9. The maximum atomic E-state index is 4.61. The summed E-state index contributed by atoms with van der Waals surface area (Å²) in [5.74, 6) is 1.91. The molecule has 0 saturated carbocycles. The molecule has 0 bridgehead atoms. The second-order valence-corrected chi connectivity index (χ2v) is 5.17. The van der Waals surface area contributed by atoms with E-state index in [4.69, 9.17) is 0 Å². The molecule has 1 aromatic rings. The van der Waals surface area contributed by atoms with Crippen LogP contribution >= 0.6 is 0 Å². The molecule has 124 valence electrons. The van der Waals surface area contributed by atoms with Gasteiger partial charge in [-0.2, -0.15) is 0 Å². The predicted octanol–water partition coefficient (Wildman–Crippen LogP) is 2.78. The Balaban J connectivity index is 2.61. The number of hydrogen-bond acceptors (Lipinski definition) is 3. The van der Waals surface area contributed by atoms with E-state index >= 15 is 0 Å². The van der Waals surface area contributed by atoms with Crippen LogP contribution in [0.25, 0.3) is 0 Å². The quantitative estimate of drug-likeness (QED) is 0.418. The van der Waals surface area contributed by atoms with E-state index in [2.05, 4.69) is 65.3 Å². The highest BCUT2D eigenvalue weighted by molar-refractivity contribution is 5.79. The molecule has 0 aliphatic heterocycles. The summed E-state index contributed by atoms with van der Waals surface area (Å²) in [5.41, 5.74) is 1.13.